The van der Waals surface area contributed by atoms with Crippen molar-refractivity contribution in [2.24, 2.45) is 0 Å². The standard InChI is InChI=1S/C19H26N4O3/c1-3-11-25-16-9-6-10-23(13-16)19(24)20-15-8-5-7-14(12-15)18-21-17(4-2)22-26-18/h5,7-8,12,16H,3-4,6,9-11,13H2,1-2H3,(H,20,24). The molecular weight excluding hydrogens is 332 g/mol. The van der Waals surface area contributed by atoms with E-state index in [0.29, 0.717) is 23.9 Å². The third kappa shape index (κ3) is 4.60. The molecule has 1 aromatic carbocycles. The van der Waals surface area contributed by atoms with Crippen LogP contribution in [0.5, 0.6) is 0 Å². The van der Waals surface area contributed by atoms with Crippen molar-refractivity contribution >= 4 is 11.7 Å². The largest absolute Gasteiger partial charge is 0.376 e. The summed E-state index contributed by atoms with van der Waals surface area (Å²) < 4.78 is 11.1. The van der Waals surface area contributed by atoms with Crippen LogP contribution < -0.4 is 5.32 Å². The lowest BCUT2D eigenvalue weighted by atomic mass is 10.1. The first kappa shape index (κ1) is 18.4. The number of nitrogens with one attached hydrogen (secondary N) is 1. The van der Waals surface area contributed by atoms with Gasteiger partial charge in [-0.05, 0) is 37.5 Å². The molecule has 1 N–H and O–H groups in total. The summed E-state index contributed by atoms with van der Waals surface area (Å²) in [4.78, 5) is 18.7. The van der Waals surface area contributed by atoms with Gasteiger partial charge in [0.05, 0.1) is 6.10 Å². The average molecular weight is 358 g/mol. The lowest BCUT2D eigenvalue weighted by molar-refractivity contribution is 0.0115. The molecule has 26 heavy (non-hydrogen) atoms. The summed E-state index contributed by atoms with van der Waals surface area (Å²) in [6.07, 6.45) is 3.81. The van der Waals surface area contributed by atoms with Crippen LogP contribution in [-0.2, 0) is 11.2 Å². The first-order chi connectivity index (χ1) is 12.7. The number of nitrogens with zero attached hydrogens (tertiary/aromatic N) is 3. The molecule has 3 rings (SSSR count). The second-order valence-electron chi connectivity index (χ2n) is 6.46. The molecule has 140 valence electrons. The molecule has 7 heteroatoms. The van der Waals surface area contributed by atoms with Gasteiger partial charge in [0.25, 0.3) is 5.89 Å². The van der Waals surface area contributed by atoms with E-state index in [1.807, 2.05) is 36.1 Å². The van der Waals surface area contributed by atoms with Crippen molar-refractivity contribution in [1.29, 1.82) is 0 Å². The molecule has 2 amide bonds. The van der Waals surface area contributed by atoms with E-state index in [0.717, 1.165) is 44.4 Å². The number of aromatic nitrogens is 2. The molecule has 1 aliphatic rings. The van der Waals surface area contributed by atoms with Crippen LogP contribution in [0.2, 0.25) is 0 Å². The summed E-state index contributed by atoms with van der Waals surface area (Å²) in [7, 11) is 0. The minimum atomic E-state index is -0.105. The van der Waals surface area contributed by atoms with E-state index in [2.05, 4.69) is 22.4 Å². The first-order valence-corrected chi connectivity index (χ1v) is 9.30. The zero-order valence-electron chi connectivity index (χ0n) is 15.4. The molecule has 0 spiro atoms. The Hall–Kier alpha value is -2.41. The maximum absolute atomic E-state index is 12.6. The second-order valence-corrected chi connectivity index (χ2v) is 6.46. The number of amides is 2. The van der Waals surface area contributed by atoms with Gasteiger partial charge in [-0.1, -0.05) is 25.1 Å². The highest BCUT2D eigenvalue weighted by Gasteiger charge is 2.24. The summed E-state index contributed by atoms with van der Waals surface area (Å²) in [5.41, 5.74) is 1.50. The number of hydrogen-bond acceptors (Lipinski definition) is 5. The third-order valence-corrected chi connectivity index (χ3v) is 4.37. The molecule has 1 aromatic heterocycles. The number of carbonyl (C=O) groups excluding carboxylic acids is 1. The van der Waals surface area contributed by atoms with Crippen LogP contribution in [0, 0.1) is 0 Å². The normalized spacial score (nSPS) is 17.3. The number of ether oxygens (including phenoxy) is 1. The lowest BCUT2D eigenvalue weighted by Gasteiger charge is -2.32. The lowest BCUT2D eigenvalue weighted by Crippen LogP contribution is -2.45. The van der Waals surface area contributed by atoms with Crippen molar-refractivity contribution < 1.29 is 14.1 Å². The van der Waals surface area contributed by atoms with Crippen LogP contribution in [-0.4, -0.2) is 46.9 Å². The SMILES string of the molecule is CCCOC1CCCN(C(=O)Nc2cccc(-c3nc(CC)no3)c2)C1. The monoisotopic (exact) mass is 358 g/mol. The molecule has 1 atom stereocenters. The number of likely N-dealkylation sites (tertiary alicyclic amines) is 1. The predicted molar refractivity (Wildman–Crippen MR) is 99.0 cm³/mol. The molecule has 2 heterocycles. The van der Waals surface area contributed by atoms with E-state index in [9.17, 15) is 4.79 Å². The van der Waals surface area contributed by atoms with Crippen LogP contribution in [0.4, 0.5) is 10.5 Å². The van der Waals surface area contributed by atoms with Crippen LogP contribution in [0.1, 0.15) is 38.9 Å². The molecule has 7 nitrogen and oxygen atoms in total. The van der Waals surface area contributed by atoms with Crippen LogP contribution in [0.15, 0.2) is 28.8 Å². The maximum Gasteiger partial charge on any atom is 0.321 e. The highest BCUT2D eigenvalue weighted by molar-refractivity contribution is 5.90. The van der Waals surface area contributed by atoms with Gasteiger partial charge in [-0.2, -0.15) is 4.98 Å². The fraction of sp³-hybridized carbons (Fsp3) is 0.526. The number of rotatable bonds is 6. The molecular formula is C19H26N4O3. The Morgan fingerprint density at radius 3 is 3.08 bits per heavy atom. The number of urea groups is 1. The van der Waals surface area contributed by atoms with Gasteiger partial charge in [-0.25, -0.2) is 4.79 Å². The minimum Gasteiger partial charge on any atom is -0.376 e. The number of aryl methyl sites for hydroxylation is 1. The summed E-state index contributed by atoms with van der Waals surface area (Å²) in [5.74, 6) is 1.13. The molecule has 0 radical (unpaired) electrons. The van der Waals surface area contributed by atoms with E-state index in [-0.39, 0.29) is 12.1 Å². The molecule has 1 aliphatic heterocycles. The third-order valence-electron chi connectivity index (χ3n) is 4.37. The predicted octanol–water partition coefficient (Wildman–Crippen LogP) is 3.72. The Labute approximate surface area is 153 Å². The van der Waals surface area contributed by atoms with Crippen molar-refractivity contribution in [2.75, 3.05) is 25.0 Å². The topological polar surface area (TPSA) is 80.5 Å². The van der Waals surface area contributed by atoms with Crippen LogP contribution >= 0.6 is 0 Å². The summed E-state index contributed by atoms with van der Waals surface area (Å²) in [5, 5.41) is 6.87. The van der Waals surface area contributed by atoms with E-state index < -0.39 is 0 Å². The summed E-state index contributed by atoms with van der Waals surface area (Å²) >= 11 is 0. The molecule has 0 bridgehead atoms. The number of piperidine rings is 1. The zero-order chi connectivity index (χ0) is 18.4. The number of anilines is 1. The van der Waals surface area contributed by atoms with Crippen molar-refractivity contribution in [2.45, 2.75) is 45.6 Å². The quantitative estimate of drug-likeness (QED) is 0.851. The van der Waals surface area contributed by atoms with E-state index in [1.165, 1.54) is 0 Å². The first-order valence-electron chi connectivity index (χ1n) is 9.30. The van der Waals surface area contributed by atoms with Gasteiger partial charge in [0.1, 0.15) is 0 Å². The Kier molecular flexibility index (Phi) is 6.22. The van der Waals surface area contributed by atoms with Gasteiger partial charge in [0, 0.05) is 37.4 Å². The maximum atomic E-state index is 12.6. The van der Waals surface area contributed by atoms with E-state index >= 15 is 0 Å². The zero-order valence-corrected chi connectivity index (χ0v) is 15.4. The molecule has 1 unspecified atom stereocenters. The second kappa shape index (κ2) is 8.80. The fourth-order valence-electron chi connectivity index (χ4n) is 2.99. The van der Waals surface area contributed by atoms with Crippen molar-refractivity contribution in [1.82, 2.24) is 15.0 Å². The Balaban J connectivity index is 1.63. The van der Waals surface area contributed by atoms with Gasteiger partial charge >= 0.3 is 6.03 Å². The molecule has 0 aliphatic carbocycles. The fourth-order valence-corrected chi connectivity index (χ4v) is 2.99. The Morgan fingerprint density at radius 1 is 1.42 bits per heavy atom. The van der Waals surface area contributed by atoms with Gasteiger partial charge in [-0.3, -0.25) is 0 Å². The van der Waals surface area contributed by atoms with Crippen molar-refractivity contribution in [3.05, 3.63) is 30.1 Å². The van der Waals surface area contributed by atoms with Crippen molar-refractivity contribution in [3.63, 3.8) is 0 Å². The van der Waals surface area contributed by atoms with Gasteiger partial charge in [0.2, 0.25) is 0 Å². The summed E-state index contributed by atoms with van der Waals surface area (Å²) in [6.45, 7) is 6.19. The molecule has 1 fully saturated rings. The smallest absolute Gasteiger partial charge is 0.321 e. The van der Waals surface area contributed by atoms with Crippen molar-refractivity contribution in [3.8, 4) is 11.5 Å². The highest BCUT2D eigenvalue weighted by atomic mass is 16.5. The highest BCUT2D eigenvalue weighted by Crippen LogP contribution is 2.22. The van der Waals surface area contributed by atoms with E-state index in [4.69, 9.17) is 9.26 Å². The van der Waals surface area contributed by atoms with Crippen LogP contribution in [0.25, 0.3) is 11.5 Å². The van der Waals surface area contributed by atoms with Gasteiger partial charge in [-0.15, -0.1) is 0 Å². The van der Waals surface area contributed by atoms with Crippen LogP contribution in [0.3, 0.4) is 0 Å². The Bertz CT molecular complexity index is 731. The number of benzene rings is 1. The minimum absolute atomic E-state index is 0.105. The Morgan fingerprint density at radius 2 is 2.31 bits per heavy atom. The van der Waals surface area contributed by atoms with Gasteiger partial charge < -0.3 is 19.5 Å². The van der Waals surface area contributed by atoms with Gasteiger partial charge in [0.15, 0.2) is 5.82 Å². The number of carbonyl (C=O) groups is 1. The number of hydrogen-bond donors (Lipinski definition) is 1. The average Bonchev–Trinajstić information content (AvgIpc) is 3.16. The van der Waals surface area contributed by atoms with E-state index in [1.54, 1.807) is 0 Å². The molecule has 2 aromatic rings. The molecule has 1 saturated heterocycles. The molecule has 0 saturated carbocycles. The summed E-state index contributed by atoms with van der Waals surface area (Å²) in [6, 6.07) is 7.35.